The molecule has 2 aromatic carbocycles. The molecule has 3 rings (SSSR count). The zero-order valence-electron chi connectivity index (χ0n) is 14.2. The Morgan fingerprint density at radius 3 is 2.80 bits per heavy atom. The van der Waals surface area contributed by atoms with E-state index >= 15 is 0 Å². The second kappa shape index (κ2) is 8.23. The molecule has 0 radical (unpaired) electrons. The average molecular weight is 466 g/mol. The van der Waals surface area contributed by atoms with Gasteiger partial charge in [-0.3, -0.25) is 9.36 Å². The highest BCUT2D eigenvalue weighted by Crippen LogP contribution is 2.27. The van der Waals surface area contributed by atoms with Crippen LogP contribution in [0.4, 0.5) is 0 Å². The summed E-state index contributed by atoms with van der Waals surface area (Å²) in [6.45, 7) is 2.16. The average Bonchev–Trinajstić information content (AvgIpc) is 2.63. The fourth-order valence-electron chi connectivity index (χ4n) is 2.57. The van der Waals surface area contributed by atoms with Crippen molar-refractivity contribution in [1.82, 2.24) is 9.55 Å². The first kappa shape index (κ1) is 18.3. The fraction of sp³-hybridized carbons (Fsp3) is 0.263. The molecule has 0 unspecified atom stereocenters. The third-order valence-corrected chi connectivity index (χ3v) is 5.55. The Balaban J connectivity index is 2.27. The molecular formula is C19H19IN2O2S. The van der Waals surface area contributed by atoms with Crippen LogP contribution in [0.3, 0.4) is 0 Å². The van der Waals surface area contributed by atoms with E-state index in [2.05, 4.69) is 29.5 Å². The summed E-state index contributed by atoms with van der Waals surface area (Å²) in [5.41, 5.74) is 1.39. The number of hydrogen-bond donors (Lipinski definition) is 0. The number of nitrogens with zero attached hydrogens (tertiary/aromatic N) is 2. The van der Waals surface area contributed by atoms with Gasteiger partial charge in [-0.2, -0.15) is 0 Å². The monoisotopic (exact) mass is 466 g/mol. The van der Waals surface area contributed by atoms with Gasteiger partial charge in [0.15, 0.2) is 5.16 Å². The highest BCUT2D eigenvalue weighted by atomic mass is 127. The van der Waals surface area contributed by atoms with E-state index in [0.717, 1.165) is 33.4 Å². The normalized spacial score (nSPS) is 11.0. The van der Waals surface area contributed by atoms with Gasteiger partial charge in [0.2, 0.25) is 0 Å². The molecule has 1 aromatic heterocycles. The van der Waals surface area contributed by atoms with Crippen LogP contribution in [0.5, 0.6) is 5.75 Å². The van der Waals surface area contributed by atoms with Gasteiger partial charge in [0.1, 0.15) is 5.75 Å². The van der Waals surface area contributed by atoms with Crippen molar-refractivity contribution in [3.8, 4) is 11.4 Å². The van der Waals surface area contributed by atoms with Gasteiger partial charge in [0, 0.05) is 9.32 Å². The van der Waals surface area contributed by atoms with Gasteiger partial charge in [-0.15, -0.1) is 0 Å². The molecule has 4 nitrogen and oxygen atoms in total. The van der Waals surface area contributed by atoms with Crippen molar-refractivity contribution in [2.24, 2.45) is 0 Å². The van der Waals surface area contributed by atoms with Gasteiger partial charge >= 0.3 is 0 Å². The number of unbranched alkanes of at least 4 members (excludes halogenated alkanes) is 1. The molecule has 25 heavy (non-hydrogen) atoms. The van der Waals surface area contributed by atoms with Crippen molar-refractivity contribution in [3.63, 3.8) is 0 Å². The lowest BCUT2D eigenvalue weighted by Gasteiger charge is -2.15. The minimum atomic E-state index is -0.0629. The predicted octanol–water partition coefficient (Wildman–Crippen LogP) is 4.89. The van der Waals surface area contributed by atoms with Crippen LogP contribution in [0.15, 0.2) is 52.4 Å². The molecule has 6 heteroatoms. The lowest BCUT2D eigenvalue weighted by Crippen LogP contribution is -2.22. The molecule has 0 amide bonds. The molecule has 0 bridgehead atoms. The Morgan fingerprint density at radius 1 is 1.24 bits per heavy atom. The number of benzene rings is 2. The number of rotatable bonds is 6. The lowest BCUT2D eigenvalue weighted by atomic mass is 10.2. The first-order valence-electron chi connectivity index (χ1n) is 8.14. The van der Waals surface area contributed by atoms with Crippen molar-refractivity contribution in [2.45, 2.75) is 24.9 Å². The van der Waals surface area contributed by atoms with E-state index < -0.39 is 0 Å². The standard InChI is InChI=1S/C19H19IN2O2S/c1-3-4-11-25-19-21-15-10-9-13(20)12-14(15)18(23)22(19)16-7-5-6-8-17(16)24-2/h5-10,12H,3-4,11H2,1-2H3. The number of halogens is 1. The van der Waals surface area contributed by atoms with Crippen LogP contribution >= 0.6 is 34.4 Å². The summed E-state index contributed by atoms with van der Waals surface area (Å²) in [5.74, 6) is 1.59. The third-order valence-electron chi connectivity index (χ3n) is 3.85. The minimum absolute atomic E-state index is 0.0629. The van der Waals surface area contributed by atoms with E-state index in [-0.39, 0.29) is 5.56 Å². The van der Waals surface area contributed by atoms with Gasteiger partial charge in [-0.25, -0.2) is 4.98 Å². The molecule has 0 aliphatic heterocycles. The first-order chi connectivity index (χ1) is 12.2. The summed E-state index contributed by atoms with van der Waals surface area (Å²) in [5, 5.41) is 1.33. The largest absolute Gasteiger partial charge is 0.495 e. The van der Waals surface area contributed by atoms with Crippen LogP contribution < -0.4 is 10.3 Å². The summed E-state index contributed by atoms with van der Waals surface area (Å²) in [6.07, 6.45) is 2.19. The van der Waals surface area contributed by atoms with Crippen LogP contribution in [-0.4, -0.2) is 22.4 Å². The molecule has 0 saturated heterocycles. The van der Waals surface area contributed by atoms with Crippen molar-refractivity contribution < 1.29 is 4.74 Å². The summed E-state index contributed by atoms with van der Waals surface area (Å²) < 4.78 is 8.17. The molecule has 0 saturated carbocycles. The predicted molar refractivity (Wildman–Crippen MR) is 112 cm³/mol. The van der Waals surface area contributed by atoms with Gasteiger partial charge in [-0.1, -0.05) is 37.2 Å². The van der Waals surface area contributed by atoms with Gasteiger partial charge in [-0.05, 0) is 59.3 Å². The van der Waals surface area contributed by atoms with E-state index in [1.165, 1.54) is 0 Å². The van der Waals surface area contributed by atoms with E-state index in [9.17, 15) is 4.79 Å². The molecular weight excluding hydrogens is 447 g/mol. The maximum absolute atomic E-state index is 13.3. The SMILES string of the molecule is CCCCSc1nc2ccc(I)cc2c(=O)n1-c1ccccc1OC. The molecule has 130 valence electrons. The quantitative estimate of drug-likeness (QED) is 0.225. The number of thioether (sulfide) groups is 1. The molecule has 1 heterocycles. The van der Waals surface area contributed by atoms with Crippen molar-refractivity contribution in [3.05, 3.63) is 56.4 Å². The highest BCUT2D eigenvalue weighted by molar-refractivity contribution is 14.1. The fourth-order valence-corrected chi connectivity index (χ4v) is 4.15. The Labute approximate surface area is 164 Å². The molecule has 0 spiro atoms. The van der Waals surface area contributed by atoms with Crippen LogP contribution in [0.25, 0.3) is 16.6 Å². The maximum Gasteiger partial charge on any atom is 0.266 e. The smallest absolute Gasteiger partial charge is 0.266 e. The maximum atomic E-state index is 13.3. The molecule has 0 fully saturated rings. The highest BCUT2D eigenvalue weighted by Gasteiger charge is 2.16. The number of fused-ring (bicyclic) bond motifs is 1. The van der Waals surface area contributed by atoms with E-state index in [1.54, 1.807) is 23.4 Å². The third kappa shape index (κ3) is 3.84. The second-order valence-corrected chi connectivity index (χ2v) is 7.88. The Hall–Kier alpha value is -1.54. The van der Waals surface area contributed by atoms with Crippen LogP contribution in [-0.2, 0) is 0 Å². The Morgan fingerprint density at radius 2 is 2.04 bits per heavy atom. The minimum Gasteiger partial charge on any atom is -0.495 e. The summed E-state index contributed by atoms with van der Waals surface area (Å²) in [6, 6.07) is 13.3. The number of aromatic nitrogens is 2. The topological polar surface area (TPSA) is 44.1 Å². The molecule has 3 aromatic rings. The number of methoxy groups -OCH3 is 1. The van der Waals surface area contributed by atoms with E-state index in [4.69, 9.17) is 9.72 Å². The van der Waals surface area contributed by atoms with Gasteiger partial charge < -0.3 is 4.74 Å². The number of para-hydroxylation sites is 2. The van der Waals surface area contributed by atoms with E-state index in [0.29, 0.717) is 16.3 Å². The van der Waals surface area contributed by atoms with Crippen molar-refractivity contribution in [1.29, 1.82) is 0 Å². The molecule has 0 N–H and O–H groups in total. The van der Waals surface area contributed by atoms with E-state index in [1.807, 2.05) is 42.5 Å². The van der Waals surface area contributed by atoms with Crippen molar-refractivity contribution in [2.75, 3.05) is 12.9 Å². The van der Waals surface area contributed by atoms with Crippen molar-refractivity contribution >= 4 is 45.3 Å². The summed E-state index contributed by atoms with van der Waals surface area (Å²) >= 11 is 3.83. The van der Waals surface area contributed by atoms with Gasteiger partial charge in [0.25, 0.3) is 5.56 Å². The zero-order valence-corrected chi connectivity index (χ0v) is 17.1. The Kier molecular flexibility index (Phi) is 6.01. The second-order valence-electron chi connectivity index (χ2n) is 5.57. The summed E-state index contributed by atoms with van der Waals surface area (Å²) in [4.78, 5) is 18.0. The van der Waals surface area contributed by atoms with Crippen LogP contribution in [0.2, 0.25) is 0 Å². The number of hydrogen-bond acceptors (Lipinski definition) is 4. The van der Waals surface area contributed by atoms with Crippen LogP contribution in [0.1, 0.15) is 19.8 Å². The molecule has 0 aliphatic carbocycles. The Bertz CT molecular complexity index is 956. The van der Waals surface area contributed by atoms with Crippen LogP contribution in [0, 0.1) is 3.57 Å². The lowest BCUT2D eigenvalue weighted by molar-refractivity contribution is 0.411. The number of ether oxygens (including phenoxy) is 1. The molecule has 0 aliphatic rings. The zero-order chi connectivity index (χ0) is 17.8. The molecule has 0 atom stereocenters. The summed E-state index contributed by atoms with van der Waals surface area (Å²) in [7, 11) is 1.62. The first-order valence-corrected chi connectivity index (χ1v) is 10.2. The van der Waals surface area contributed by atoms with Gasteiger partial charge in [0.05, 0.1) is 23.7 Å².